The number of hydrogen-bond acceptors (Lipinski definition) is 4. The number of nitrogens with zero attached hydrogens (tertiary/aromatic N) is 3. The van der Waals surface area contributed by atoms with E-state index in [1.54, 1.807) is 0 Å². The minimum atomic E-state index is -4.41. The lowest BCUT2D eigenvalue weighted by Crippen LogP contribution is -2.50. The van der Waals surface area contributed by atoms with Gasteiger partial charge in [-0.2, -0.15) is 13.2 Å². The Kier molecular flexibility index (Phi) is 5.02. The average Bonchev–Trinajstić information content (AvgIpc) is 2.98. The van der Waals surface area contributed by atoms with E-state index in [0.29, 0.717) is 25.5 Å². The number of carbonyl (C=O) groups excluding carboxylic acids is 1. The second-order valence-corrected chi connectivity index (χ2v) is 8.42. The van der Waals surface area contributed by atoms with Crippen LogP contribution in [0.15, 0.2) is 18.3 Å². The van der Waals surface area contributed by atoms with Crippen molar-refractivity contribution in [3.8, 4) is 0 Å². The van der Waals surface area contributed by atoms with E-state index < -0.39 is 17.2 Å². The van der Waals surface area contributed by atoms with Crippen molar-refractivity contribution in [2.24, 2.45) is 5.41 Å². The van der Waals surface area contributed by atoms with Crippen LogP contribution < -0.4 is 4.90 Å². The van der Waals surface area contributed by atoms with Crippen molar-refractivity contribution in [3.05, 3.63) is 23.9 Å². The van der Waals surface area contributed by atoms with Crippen LogP contribution in [0.25, 0.3) is 0 Å². The predicted molar refractivity (Wildman–Crippen MR) is 97.7 cm³/mol. The van der Waals surface area contributed by atoms with Gasteiger partial charge in [-0.05, 0) is 57.1 Å². The number of alkyl halides is 3. The van der Waals surface area contributed by atoms with Gasteiger partial charge in [0.25, 0.3) is 0 Å². The number of aromatic nitrogens is 1. The van der Waals surface area contributed by atoms with Gasteiger partial charge in [0.1, 0.15) is 5.82 Å². The summed E-state index contributed by atoms with van der Waals surface area (Å²) in [4.78, 5) is 21.3. The molecule has 0 unspecified atom stereocenters. The second-order valence-electron chi connectivity index (χ2n) is 8.42. The van der Waals surface area contributed by atoms with E-state index in [9.17, 15) is 23.1 Å². The summed E-state index contributed by atoms with van der Waals surface area (Å²) in [6.45, 7) is 1.73. The molecule has 1 amide bonds. The predicted octanol–water partition coefficient (Wildman–Crippen LogP) is 3.22. The smallest absolute Gasteiger partial charge is 0.393 e. The van der Waals surface area contributed by atoms with E-state index in [2.05, 4.69) is 4.98 Å². The Hall–Kier alpha value is -1.83. The topological polar surface area (TPSA) is 56.7 Å². The number of rotatable bonds is 2. The highest BCUT2D eigenvalue weighted by Crippen LogP contribution is 2.43. The first kappa shape index (κ1) is 19.5. The van der Waals surface area contributed by atoms with Gasteiger partial charge in [-0.15, -0.1) is 0 Å². The second kappa shape index (κ2) is 7.21. The molecule has 154 valence electrons. The molecule has 2 aliphatic heterocycles. The van der Waals surface area contributed by atoms with Gasteiger partial charge in [0, 0.05) is 31.9 Å². The lowest BCUT2D eigenvalue weighted by atomic mass is 9.78. The summed E-state index contributed by atoms with van der Waals surface area (Å²) in [6.07, 6.45) is 1.88. The Balaban J connectivity index is 1.50. The van der Waals surface area contributed by atoms with Crippen LogP contribution in [0.3, 0.4) is 0 Å². The van der Waals surface area contributed by atoms with Crippen LogP contribution in [0, 0.1) is 5.41 Å². The molecule has 0 aromatic carbocycles. The molecule has 4 rings (SSSR count). The zero-order valence-corrected chi connectivity index (χ0v) is 15.8. The highest BCUT2D eigenvalue weighted by atomic mass is 19.4. The molecule has 0 bridgehead atoms. The normalized spacial score (nSPS) is 31.6. The van der Waals surface area contributed by atoms with Gasteiger partial charge in [0.15, 0.2) is 0 Å². The summed E-state index contributed by atoms with van der Waals surface area (Å²) < 4.78 is 39.2. The van der Waals surface area contributed by atoms with Crippen LogP contribution >= 0.6 is 0 Å². The number of halogens is 3. The van der Waals surface area contributed by atoms with Gasteiger partial charge in [-0.25, -0.2) is 4.98 Å². The molecule has 8 heteroatoms. The number of aliphatic hydroxyl groups excluding tert-OH is 1. The fourth-order valence-corrected chi connectivity index (χ4v) is 5.04. The molecule has 0 radical (unpaired) electrons. The van der Waals surface area contributed by atoms with Crippen LogP contribution in [-0.4, -0.2) is 52.7 Å². The van der Waals surface area contributed by atoms with Crippen LogP contribution in [0.1, 0.15) is 50.5 Å². The summed E-state index contributed by atoms with van der Waals surface area (Å²) in [5.74, 6) is 0.423. The van der Waals surface area contributed by atoms with Crippen molar-refractivity contribution in [1.82, 2.24) is 9.88 Å². The number of likely N-dealkylation sites (tertiary alicyclic amines) is 1. The molecule has 1 aromatic heterocycles. The Morgan fingerprint density at radius 1 is 1.14 bits per heavy atom. The molecule has 28 heavy (non-hydrogen) atoms. The van der Waals surface area contributed by atoms with Crippen molar-refractivity contribution < 1.29 is 23.1 Å². The monoisotopic (exact) mass is 397 g/mol. The van der Waals surface area contributed by atoms with E-state index >= 15 is 0 Å². The minimum absolute atomic E-state index is 0.130. The zero-order chi connectivity index (χ0) is 19.9. The van der Waals surface area contributed by atoms with Gasteiger partial charge >= 0.3 is 6.18 Å². The van der Waals surface area contributed by atoms with E-state index in [1.165, 1.54) is 6.20 Å². The lowest BCUT2D eigenvalue weighted by molar-refractivity contribution is -0.139. The molecule has 1 aromatic rings. The van der Waals surface area contributed by atoms with Gasteiger partial charge in [0.2, 0.25) is 5.91 Å². The molecule has 1 N–H and O–H groups in total. The molecule has 1 spiro atoms. The minimum Gasteiger partial charge on any atom is -0.393 e. The highest BCUT2D eigenvalue weighted by Gasteiger charge is 2.50. The zero-order valence-electron chi connectivity index (χ0n) is 15.8. The molecule has 1 saturated carbocycles. The fourth-order valence-electron chi connectivity index (χ4n) is 5.04. The molecule has 3 aliphatic rings. The number of hydrogen-bond donors (Lipinski definition) is 1. The van der Waals surface area contributed by atoms with Gasteiger partial charge in [-0.3, -0.25) is 4.79 Å². The Morgan fingerprint density at radius 3 is 2.61 bits per heavy atom. The lowest BCUT2D eigenvalue weighted by Gasteiger charge is -2.41. The van der Waals surface area contributed by atoms with Crippen molar-refractivity contribution in [1.29, 1.82) is 0 Å². The van der Waals surface area contributed by atoms with Crippen LogP contribution in [0.4, 0.5) is 19.0 Å². The van der Waals surface area contributed by atoms with Gasteiger partial charge in [0.05, 0.1) is 17.1 Å². The molecule has 1 aliphatic carbocycles. The van der Waals surface area contributed by atoms with Crippen LogP contribution in [0.5, 0.6) is 0 Å². The maximum atomic E-state index is 13.3. The summed E-state index contributed by atoms with van der Waals surface area (Å²) in [5.41, 5.74) is -1.23. The number of piperidine rings is 1. The van der Waals surface area contributed by atoms with Crippen molar-refractivity contribution in [2.75, 3.05) is 24.5 Å². The molecule has 2 saturated heterocycles. The van der Waals surface area contributed by atoms with Crippen molar-refractivity contribution in [3.63, 3.8) is 0 Å². The summed E-state index contributed by atoms with van der Waals surface area (Å²) in [6, 6.07) is 2.24. The number of amides is 1. The highest BCUT2D eigenvalue weighted by molar-refractivity contribution is 5.86. The number of aliphatic hydroxyl groups is 1. The number of pyridine rings is 1. The molecular weight excluding hydrogens is 371 g/mol. The Bertz CT molecular complexity index is 734. The number of anilines is 1. The maximum Gasteiger partial charge on any atom is 0.416 e. The summed E-state index contributed by atoms with van der Waals surface area (Å²) in [7, 11) is 0. The average molecular weight is 397 g/mol. The standard InChI is InChI=1S/C20H26F3N3O2/c21-20(22,23)14-6-9-24-17(12-14)25-10-1-7-19(13-25)8-11-26(18(19)28)15-2-4-16(27)5-3-15/h6,9,12,15-16,27H,1-5,7-8,10-11,13H2/t15?,16?,19-/m1/s1. The van der Waals surface area contributed by atoms with E-state index in [1.807, 2.05) is 9.80 Å². The maximum absolute atomic E-state index is 13.3. The summed E-state index contributed by atoms with van der Waals surface area (Å²) >= 11 is 0. The van der Waals surface area contributed by atoms with Crippen LogP contribution in [-0.2, 0) is 11.0 Å². The molecule has 1 atom stereocenters. The van der Waals surface area contributed by atoms with Gasteiger partial charge in [-0.1, -0.05) is 0 Å². The van der Waals surface area contributed by atoms with Crippen molar-refractivity contribution in [2.45, 2.75) is 63.3 Å². The SMILES string of the molecule is O=C1N(C2CCC(O)CC2)CC[C@@]12CCCN(c1cc(C(F)(F)F)ccn1)C2. The van der Waals surface area contributed by atoms with E-state index in [-0.39, 0.29) is 18.1 Å². The third-order valence-corrected chi connectivity index (χ3v) is 6.63. The molecular formula is C20H26F3N3O2. The number of carbonyl (C=O) groups is 1. The first-order chi connectivity index (χ1) is 13.3. The van der Waals surface area contributed by atoms with Gasteiger partial charge < -0.3 is 14.9 Å². The van der Waals surface area contributed by atoms with E-state index in [4.69, 9.17) is 0 Å². The largest absolute Gasteiger partial charge is 0.416 e. The third-order valence-electron chi connectivity index (χ3n) is 6.63. The Morgan fingerprint density at radius 2 is 1.89 bits per heavy atom. The first-order valence-electron chi connectivity index (χ1n) is 10.1. The first-order valence-corrected chi connectivity index (χ1v) is 10.1. The third kappa shape index (κ3) is 3.58. The van der Waals surface area contributed by atoms with Crippen molar-refractivity contribution >= 4 is 11.7 Å². The molecule has 3 heterocycles. The summed E-state index contributed by atoms with van der Waals surface area (Å²) in [5, 5.41) is 9.72. The van der Waals surface area contributed by atoms with E-state index in [0.717, 1.165) is 57.1 Å². The Labute approximate surface area is 162 Å². The fraction of sp³-hybridized carbons (Fsp3) is 0.700. The quantitative estimate of drug-likeness (QED) is 0.833. The molecule has 5 nitrogen and oxygen atoms in total. The molecule has 3 fully saturated rings. The van der Waals surface area contributed by atoms with Crippen LogP contribution in [0.2, 0.25) is 0 Å².